The molecule has 0 amide bonds. The Labute approximate surface area is 147 Å². The normalized spacial score (nSPS) is 13.5. The van der Waals surface area contributed by atoms with Crippen molar-refractivity contribution in [3.8, 4) is 11.4 Å². The maximum absolute atomic E-state index is 12.6. The van der Waals surface area contributed by atoms with Gasteiger partial charge in [0, 0.05) is 22.8 Å². The SMILES string of the molecule is Nn1c(SC2=CC(=O)c3ccccc3C2=O)nnc1-c1ccccc1. The maximum Gasteiger partial charge on any atom is 0.215 e. The number of nitrogens with zero attached hydrogens (tertiary/aromatic N) is 3. The number of carbonyl (C=O) groups excluding carboxylic acids is 2. The van der Waals surface area contributed by atoms with Crippen molar-refractivity contribution in [2.24, 2.45) is 0 Å². The zero-order valence-corrected chi connectivity index (χ0v) is 13.7. The Morgan fingerprint density at radius 1 is 0.880 bits per heavy atom. The van der Waals surface area contributed by atoms with Gasteiger partial charge in [-0.2, -0.15) is 0 Å². The highest BCUT2D eigenvalue weighted by atomic mass is 32.2. The van der Waals surface area contributed by atoms with Gasteiger partial charge in [0.2, 0.25) is 10.9 Å². The molecule has 25 heavy (non-hydrogen) atoms. The highest BCUT2D eigenvalue weighted by Gasteiger charge is 2.27. The second-order valence-corrected chi connectivity index (χ2v) is 6.40. The number of fused-ring (bicyclic) bond motifs is 1. The molecule has 1 heterocycles. The molecule has 6 nitrogen and oxygen atoms in total. The van der Waals surface area contributed by atoms with Gasteiger partial charge >= 0.3 is 0 Å². The third kappa shape index (κ3) is 2.64. The lowest BCUT2D eigenvalue weighted by atomic mass is 9.95. The zero-order valence-electron chi connectivity index (χ0n) is 12.9. The van der Waals surface area contributed by atoms with Crippen molar-refractivity contribution >= 4 is 23.3 Å². The number of nitrogen functional groups attached to an aromatic ring is 1. The Morgan fingerprint density at radius 2 is 1.56 bits per heavy atom. The minimum atomic E-state index is -0.218. The summed E-state index contributed by atoms with van der Waals surface area (Å²) in [5, 5.41) is 8.47. The van der Waals surface area contributed by atoms with Crippen LogP contribution in [-0.2, 0) is 0 Å². The third-order valence-corrected chi connectivity index (χ3v) is 4.80. The van der Waals surface area contributed by atoms with E-state index in [4.69, 9.17) is 5.84 Å². The van der Waals surface area contributed by atoms with Crippen molar-refractivity contribution in [3.63, 3.8) is 0 Å². The summed E-state index contributed by atoms with van der Waals surface area (Å²) in [7, 11) is 0. The van der Waals surface area contributed by atoms with Crippen molar-refractivity contribution in [1.82, 2.24) is 14.9 Å². The largest absolute Gasteiger partial charge is 0.335 e. The number of aromatic nitrogens is 3. The molecular formula is C18H12N4O2S. The van der Waals surface area contributed by atoms with Crippen LogP contribution in [0.25, 0.3) is 11.4 Å². The summed E-state index contributed by atoms with van der Waals surface area (Å²) in [4.78, 5) is 25.1. The second-order valence-electron chi connectivity index (χ2n) is 5.39. The summed E-state index contributed by atoms with van der Waals surface area (Å²) in [5.74, 6) is 6.14. The van der Waals surface area contributed by atoms with Crippen LogP contribution in [0.1, 0.15) is 20.7 Å². The van der Waals surface area contributed by atoms with Gasteiger partial charge in [0.25, 0.3) is 0 Å². The lowest BCUT2D eigenvalue weighted by Gasteiger charge is -2.13. The molecule has 0 radical (unpaired) electrons. The molecule has 2 N–H and O–H groups in total. The van der Waals surface area contributed by atoms with E-state index in [0.29, 0.717) is 22.1 Å². The molecule has 122 valence electrons. The second kappa shape index (κ2) is 6.03. The van der Waals surface area contributed by atoms with Gasteiger partial charge < -0.3 is 5.84 Å². The number of thioether (sulfide) groups is 1. The molecule has 2 aromatic carbocycles. The third-order valence-electron chi connectivity index (χ3n) is 3.82. The topological polar surface area (TPSA) is 90.9 Å². The van der Waals surface area contributed by atoms with E-state index in [1.807, 2.05) is 30.3 Å². The summed E-state index contributed by atoms with van der Waals surface area (Å²) in [6.45, 7) is 0. The van der Waals surface area contributed by atoms with Gasteiger partial charge in [-0.25, -0.2) is 4.68 Å². The predicted molar refractivity (Wildman–Crippen MR) is 94.7 cm³/mol. The molecule has 7 heteroatoms. The first-order chi connectivity index (χ1) is 12.1. The highest BCUT2D eigenvalue weighted by Crippen LogP contribution is 2.33. The van der Waals surface area contributed by atoms with Crippen LogP contribution in [0.5, 0.6) is 0 Å². The molecule has 0 spiro atoms. The summed E-state index contributed by atoms with van der Waals surface area (Å²) in [6, 6.07) is 16.1. The number of nitrogens with two attached hydrogens (primary N) is 1. The molecule has 1 aliphatic carbocycles. The van der Waals surface area contributed by atoms with Crippen molar-refractivity contribution in [1.29, 1.82) is 0 Å². The number of ketones is 2. The molecule has 0 saturated carbocycles. The molecule has 0 fully saturated rings. The van der Waals surface area contributed by atoms with E-state index in [2.05, 4.69) is 10.2 Å². The van der Waals surface area contributed by atoms with E-state index in [9.17, 15) is 9.59 Å². The van der Waals surface area contributed by atoms with Crippen LogP contribution < -0.4 is 5.84 Å². The van der Waals surface area contributed by atoms with Crippen LogP contribution in [0.15, 0.2) is 70.7 Å². The molecule has 3 aromatic rings. The average molecular weight is 348 g/mol. The highest BCUT2D eigenvalue weighted by molar-refractivity contribution is 8.04. The van der Waals surface area contributed by atoms with Crippen molar-refractivity contribution in [2.75, 3.05) is 5.84 Å². The Kier molecular flexibility index (Phi) is 3.70. The van der Waals surface area contributed by atoms with Crippen LogP contribution in [0.3, 0.4) is 0 Å². The van der Waals surface area contributed by atoms with E-state index in [1.165, 1.54) is 10.8 Å². The van der Waals surface area contributed by atoms with Gasteiger partial charge in [-0.1, -0.05) is 54.6 Å². The number of hydrogen-bond acceptors (Lipinski definition) is 6. The standard InChI is InChI=1S/C18H12N4O2S/c19-22-17(11-6-2-1-3-7-11)20-21-18(22)25-15-10-14(23)12-8-4-5-9-13(12)16(15)24/h1-10H,19H2. The first-order valence-electron chi connectivity index (χ1n) is 7.48. The molecule has 1 aliphatic rings. The minimum absolute atomic E-state index is 0.205. The smallest absolute Gasteiger partial charge is 0.215 e. The van der Waals surface area contributed by atoms with Gasteiger partial charge in [0.05, 0.1) is 4.91 Å². The Morgan fingerprint density at radius 3 is 2.32 bits per heavy atom. The fourth-order valence-electron chi connectivity index (χ4n) is 2.60. The first kappa shape index (κ1) is 15.3. The number of allylic oxidation sites excluding steroid dienone is 2. The Balaban J connectivity index is 1.67. The van der Waals surface area contributed by atoms with Crippen LogP contribution >= 0.6 is 11.8 Å². The van der Waals surface area contributed by atoms with Crippen LogP contribution in [-0.4, -0.2) is 26.4 Å². The summed E-state index contributed by atoms with van der Waals surface area (Å²) >= 11 is 1.04. The average Bonchev–Trinajstić information content (AvgIpc) is 3.01. The van der Waals surface area contributed by atoms with Gasteiger partial charge in [-0.15, -0.1) is 10.2 Å². The van der Waals surface area contributed by atoms with E-state index >= 15 is 0 Å². The number of Topliss-reactive ketones (excluding diaryl/α,β-unsaturated/α-hetero) is 1. The maximum atomic E-state index is 12.6. The van der Waals surface area contributed by atoms with Crippen LogP contribution in [0, 0.1) is 0 Å². The molecule has 0 bridgehead atoms. The molecule has 0 unspecified atom stereocenters. The van der Waals surface area contributed by atoms with Gasteiger partial charge in [-0.05, 0) is 11.8 Å². The monoisotopic (exact) mass is 348 g/mol. The van der Waals surface area contributed by atoms with Gasteiger partial charge in [0.1, 0.15) is 0 Å². The summed E-state index contributed by atoms with van der Waals surface area (Å²) in [5.41, 5.74) is 1.62. The minimum Gasteiger partial charge on any atom is -0.335 e. The van der Waals surface area contributed by atoms with E-state index in [0.717, 1.165) is 17.3 Å². The molecule has 0 atom stereocenters. The van der Waals surface area contributed by atoms with Crippen molar-refractivity contribution in [3.05, 3.63) is 76.7 Å². The fraction of sp³-hybridized carbons (Fsp3) is 0. The lowest BCUT2D eigenvalue weighted by molar-refractivity contribution is 0.0991. The van der Waals surface area contributed by atoms with Crippen LogP contribution in [0.2, 0.25) is 0 Å². The van der Waals surface area contributed by atoms with Crippen LogP contribution in [0.4, 0.5) is 0 Å². The fourth-order valence-corrected chi connectivity index (χ4v) is 3.43. The van der Waals surface area contributed by atoms with E-state index < -0.39 is 0 Å². The first-order valence-corrected chi connectivity index (χ1v) is 8.30. The Bertz CT molecular complexity index is 1020. The molecule has 0 saturated heterocycles. The molecule has 1 aromatic heterocycles. The zero-order chi connectivity index (χ0) is 17.4. The van der Waals surface area contributed by atoms with E-state index in [1.54, 1.807) is 24.3 Å². The molecule has 4 rings (SSSR count). The Hall–Kier alpha value is -3.19. The number of carbonyl (C=O) groups is 2. The number of hydrogen-bond donors (Lipinski definition) is 1. The van der Waals surface area contributed by atoms with Crippen molar-refractivity contribution in [2.45, 2.75) is 5.16 Å². The van der Waals surface area contributed by atoms with Gasteiger partial charge in [-0.3, -0.25) is 9.59 Å². The summed E-state index contributed by atoms with van der Waals surface area (Å²) in [6.07, 6.45) is 1.33. The van der Waals surface area contributed by atoms with Crippen molar-refractivity contribution < 1.29 is 9.59 Å². The molecule has 0 aliphatic heterocycles. The van der Waals surface area contributed by atoms with E-state index in [-0.39, 0.29) is 16.5 Å². The lowest BCUT2D eigenvalue weighted by Crippen LogP contribution is -2.17. The number of rotatable bonds is 3. The van der Waals surface area contributed by atoms with Gasteiger partial charge in [0.15, 0.2) is 11.6 Å². The molecular weight excluding hydrogens is 336 g/mol. The number of benzene rings is 2. The summed E-state index contributed by atoms with van der Waals surface area (Å²) < 4.78 is 1.32. The quantitative estimate of drug-likeness (QED) is 0.732. The predicted octanol–water partition coefficient (Wildman–Crippen LogP) is 2.71.